The maximum absolute atomic E-state index is 14.5. The fourth-order valence-electron chi connectivity index (χ4n) is 10.7. The molecule has 0 spiro atoms. The number of hydrogen-bond donors (Lipinski definition) is 16. The van der Waals surface area contributed by atoms with Crippen LogP contribution in [0.3, 0.4) is 0 Å². The van der Waals surface area contributed by atoms with Gasteiger partial charge in [0.2, 0.25) is 29.5 Å². The number of phenols is 1. The van der Waals surface area contributed by atoms with E-state index >= 15 is 0 Å². The maximum Gasteiger partial charge on any atom is 0.326 e. The topological polar surface area (TPSA) is 518 Å². The van der Waals surface area contributed by atoms with Gasteiger partial charge in [0.25, 0.3) is 0 Å². The minimum atomic E-state index is -1.54. The molecule has 16 N–H and O–H groups in total. The molecule has 1 unspecified atom stereocenters. The third-order valence-electron chi connectivity index (χ3n) is 16.1. The van der Waals surface area contributed by atoms with Crippen LogP contribution < -0.4 is 37.2 Å². The van der Waals surface area contributed by atoms with Gasteiger partial charge in [-0.25, -0.2) is 19.2 Å². The van der Waals surface area contributed by atoms with Crippen molar-refractivity contribution in [3.05, 3.63) is 63.2 Å². The van der Waals surface area contributed by atoms with Crippen LogP contribution in [0.15, 0.2) is 48.5 Å². The highest BCUT2D eigenvalue weighted by Gasteiger charge is 2.33. The summed E-state index contributed by atoms with van der Waals surface area (Å²) in [6.45, 7) is -0.662. The van der Waals surface area contributed by atoms with Crippen LogP contribution in [0.5, 0.6) is 5.75 Å². The molecule has 6 atom stereocenters. The molecule has 1 fully saturated rings. The summed E-state index contributed by atoms with van der Waals surface area (Å²) in [4.78, 5) is 181. The zero-order chi connectivity index (χ0) is 73.4. The van der Waals surface area contributed by atoms with Crippen molar-refractivity contribution < 1.29 is 113 Å². The number of nitrogens with one attached hydrogen (secondary N) is 7. The molecule has 7 amide bonds. The molecule has 1 saturated heterocycles. The number of rotatable bonds is 46. The fraction of sp³-hybridized carbons (Fsp3) is 0.594. The Morgan fingerprint density at radius 3 is 1.31 bits per heavy atom. The standard InChI is InChI=1S/C64H94IN11O23/c65-43-36-42(19-23-50(43)77)37-48(68-53(80)24-22-49(63(97)98)76-34-32-74(39-56(85)86)30-28-73(38-55(83)84)29-31-75(33-35-76)40-57(87)88)59(90)69-44(20-18-41-12-4-3-5-13-41)58(89)70-45(60(91)92)14-8-10-26-66-51(78)16-6-1-2-7-17-52(79)67-27-11-9-15-46(61(93)94)71-64(99)72-47(62(95)96)21-25-54(81)82/h3-5,12-13,19,23,36,44-49,77H,1-2,6-11,14-18,20-22,24-35,37-40H2,(H,66,78)(H,67,79)(H,68,80)(H,69,90)(H,70,89)(H,81,82)(H,83,84)(H,85,86)(H,87,88)(H,91,92)(H,93,94)(H,95,96)(H,97,98)(H2,71,72,99)/t44-,45-,46+,47+,48-,49?/m1/s1. The Balaban J connectivity index is 1.59. The second kappa shape index (κ2) is 46.5. The Morgan fingerprint density at radius 1 is 0.404 bits per heavy atom. The van der Waals surface area contributed by atoms with Crippen LogP contribution in [-0.2, 0) is 75.2 Å². The average molecular weight is 1510 g/mol. The Bertz CT molecular complexity index is 2990. The Labute approximate surface area is 585 Å². The van der Waals surface area contributed by atoms with Gasteiger partial charge in [0, 0.05) is 97.6 Å². The van der Waals surface area contributed by atoms with Gasteiger partial charge in [0.1, 0.15) is 42.0 Å². The zero-order valence-corrected chi connectivity index (χ0v) is 57.3. The van der Waals surface area contributed by atoms with E-state index in [0.29, 0.717) is 47.7 Å². The van der Waals surface area contributed by atoms with Crippen molar-refractivity contribution in [2.75, 3.05) is 85.1 Å². The van der Waals surface area contributed by atoms with Crippen molar-refractivity contribution in [1.29, 1.82) is 0 Å². The first-order valence-electron chi connectivity index (χ1n) is 32.7. The van der Waals surface area contributed by atoms with Crippen LogP contribution in [0.4, 0.5) is 4.79 Å². The highest BCUT2D eigenvalue weighted by atomic mass is 127. The number of benzene rings is 2. The molecule has 99 heavy (non-hydrogen) atoms. The molecule has 1 aliphatic heterocycles. The molecule has 3 rings (SSSR count). The number of carboxylic acids is 8. The van der Waals surface area contributed by atoms with Crippen LogP contribution in [0.1, 0.15) is 120 Å². The van der Waals surface area contributed by atoms with E-state index in [4.69, 9.17) is 5.11 Å². The van der Waals surface area contributed by atoms with Crippen molar-refractivity contribution in [2.24, 2.45) is 0 Å². The first-order valence-corrected chi connectivity index (χ1v) is 33.8. The summed E-state index contributed by atoms with van der Waals surface area (Å²) in [5, 5.41) is 105. The molecule has 1 aliphatic rings. The molecule has 0 aliphatic carbocycles. The van der Waals surface area contributed by atoms with Gasteiger partial charge in [-0.15, -0.1) is 0 Å². The molecule has 0 bridgehead atoms. The number of carboxylic acid groups (broad SMARTS) is 8. The molecule has 1 heterocycles. The van der Waals surface area contributed by atoms with E-state index in [0.717, 1.165) is 5.56 Å². The van der Waals surface area contributed by atoms with Gasteiger partial charge in [-0.2, -0.15) is 0 Å². The van der Waals surface area contributed by atoms with E-state index < -0.39 is 147 Å². The van der Waals surface area contributed by atoms with Gasteiger partial charge in [-0.3, -0.25) is 67.5 Å². The molecular weight excluding hydrogens is 1420 g/mol. The summed E-state index contributed by atoms with van der Waals surface area (Å²) >= 11 is 1.88. The van der Waals surface area contributed by atoms with Crippen molar-refractivity contribution in [3.8, 4) is 5.75 Å². The number of aromatic hydroxyl groups is 1. The monoisotopic (exact) mass is 1510 g/mol. The smallest absolute Gasteiger partial charge is 0.326 e. The van der Waals surface area contributed by atoms with Gasteiger partial charge in [0.05, 0.1) is 23.2 Å². The molecule has 35 heteroatoms. The quantitative estimate of drug-likeness (QED) is 0.0315. The zero-order valence-electron chi connectivity index (χ0n) is 55.1. The van der Waals surface area contributed by atoms with E-state index in [1.807, 2.05) is 22.6 Å². The van der Waals surface area contributed by atoms with Crippen molar-refractivity contribution >= 4 is 106 Å². The maximum atomic E-state index is 14.5. The molecule has 0 aromatic heterocycles. The van der Waals surface area contributed by atoms with Crippen LogP contribution in [0.2, 0.25) is 0 Å². The van der Waals surface area contributed by atoms with Gasteiger partial charge >= 0.3 is 53.8 Å². The van der Waals surface area contributed by atoms with Gasteiger partial charge < -0.3 is 83.2 Å². The number of carbonyl (C=O) groups is 14. The van der Waals surface area contributed by atoms with Crippen LogP contribution >= 0.6 is 22.6 Å². The van der Waals surface area contributed by atoms with Gasteiger partial charge in [-0.05, 0) is 123 Å². The van der Waals surface area contributed by atoms with Crippen molar-refractivity contribution in [1.82, 2.24) is 56.8 Å². The summed E-state index contributed by atoms with van der Waals surface area (Å²) in [6, 6.07) is 3.75. The first kappa shape index (κ1) is 84.4. The summed E-state index contributed by atoms with van der Waals surface area (Å²) in [5.41, 5.74) is 1.24. The Kier molecular flexibility index (Phi) is 39.6. The lowest BCUT2D eigenvalue weighted by molar-refractivity contribution is -0.145. The number of nitrogens with zero attached hydrogens (tertiary/aromatic N) is 4. The minimum absolute atomic E-state index is 0.00392. The molecular formula is C64H94IN11O23. The predicted molar refractivity (Wildman–Crippen MR) is 360 cm³/mol. The number of amides is 7. The number of unbranched alkanes of at least 4 members (excludes halogenated alkanes) is 5. The van der Waals surface area contributed by atoms with Crippen molar-refractivity contribution in [3.63, 3.8) is 0 Å². The highest BCUT2D eigenvalue weighted by molar-refractivity contribution is 14.1. The molecule has 2 aromatic rings. The lowest BCUT2D eigenvalue weighted by atomic mass is 10.0. The number of urea groups is 1. The third-order valence-corrected chi connectivity index (χ3v) is 17.0. The Morgan fingerprint density at radius 2 is 0.859 bits per heavy atom. The van der Waals surface area contributed by atoms with Crippen LogP contribution in [-0.4, -0.2) is 270 Å². The normalized spacial score (nSPS) is 15.3. The number of aryl methyl sites for hydroxylation is 1. The average Bonchev–Trinajstić information content (AvgIpc) is 0.867. The summed E-state index contributed by atoms with van der Waals surface area (Å²) in [6.07, 6.45) is 2.11. The summed E-state index contributed by atoms with van der Waals surface area (Å²) in [7, 11) is 0. The van der Waals surface area contributed by atoms with Gasteiger partial charge in [-0.1, -0.05) is 49.2 Å². The SMILES string of the molecule is O=C(O)CC[C@H](NC(=O)N[C@@H](CCCCNC(=O)CCCCCCC(=O)NCCCC[C@@H](NC(=O)[C@@H](CCc1ccccc1)NC(=O)[C@@H](Cc1ccc(O)c(I)c1)NC(=O)CCC(C(=O)O)N1CCN(CC(=O)O)CCN(CC(=O)O)CCN(CC(=O)O)CC1)C(=O)O)C(=O)O)C(=O)O. The summed E-state index contributed by atoms with van der Waals surface area (Å²) < 4.78 is 0.404. The highest BCUT2D eigenvalue weighted by Crippen LogP contribution is 2.22. The number of carbonyl (C=O) groups excluding carboxylic acids is 6. The Hall–Kier alpha value is -8.81. The first-order chi connectivity index (χ1) is 47.0. The predicted octanol–water partition coefficient (Wildman–Crippen LogP) is 0.404. The van der Waals surface area contributed by atoms with Crippen LogP contribution in [0.25, 0.3) is 0 Å². The molecule has 550 valence electrons. The van der Waals surface area contributed by atoms with Crippen LogP contribution in [0, 0.1) is 3.57 Å². The molecule has 0 radical (unpaired) electrons. The van der Waals surface area contributed by atoms with Crippen molar-refractivity contribution in [2.45, 2.75) is 158 Å². The van der Waals surface area contributed by atoms with E-state index in [1.165, 1.54) is 26.8 Å². The number of halogens is 1. The molecule has 34 nitrogen and oxygen atoms in total. The lowest BCUT2D eigenvalue weighted by Gasteiger charge is -2.35. The molecule has 0 saturated carbocycles. The second-order valence-corrected chi connectivity index (χ2v) is 25.1. The van der Waals surface area contributed by atoms with E-state index in [2.05, 4.69) is 37.2 Å². The lowest BCUT2D eigenvalue weighted by Crippen LogP contribution is -2.56. The van der Waals surface area contributed by atoms with E-state index in [-0.39, 0.29) is 147 Å². The number of aliphatic carboxylic acids is 8. The van der Waals surface area contributed by atoms with E-state index in [9.17, 15) is 108 Å². The number of phenolic OH excluding ortho intramolecular Hbond substituents is 1. The van der Waals surface area contributed by atoms with E-state index in [1.54, 1.807) is 41.3 Å². The van der Waals surface area contributed by atoms with Gasteiger partial charge in [0.15, 0.2) is 0 Å². The third kappa shape index (κ3) is 36.6. The minimum Gasteiger partial charge on any atom is -0.507 e. The fourth-order valence-corrected chi connectivity index (χ4v) is 11.3. The second-order valence-electron chi connectivity index (χ2n) is 24.0. The summed E-state index contributed by atoms with van der Waals surface area (Å²) in [5.74, 6) is -13.4. The number of hydrogen-bond acceptors (Lipinski definition) is 19. The molecule has 2 aromatic carbocycles. The largest absolute Gasteiger partial charge is 0.507 e.